The molecular weight excluding hydrogens is 190 g/mol. The van der Waals surface area contributed by atoms with Gasteiger partial charge in [-0.1, -0.05) is 0 Å². The van der Waals surface area contributed by atoms with Crippen molar-refractivity contribution in [1.82, 2.24) is 9.88 Å². The molecule has 3 N–H and O–H groups in total. The fourth-order valence-electron chi connectivity index (χ4n) is 1.51. The van der Waals surface area contributed by atoms with Crippen molar-refractivity contribution in [3.05, 3.63) is 24.0 Å². The molecule has 1 aliphatic carbocycles. The summed E-state index contributed by atoms with van der Waals surface area (Å²) >= 11 is 0. The van der Waals surface area contributed by atoms with E-state index in [2.05, 4.69) is 5.32 Å². The summed E-state index contributed by atoms with van der Waals surface area (Å²) in [4.78, 5) is 11.5. The second kappa shape index (κ2) is 4.49. The average Bonchev–Trinajstić information content (AvgIpc) is 2.96. The van der Waals surface area contributed by atoms with Crippen LogP contribution in [-0.4, -0.2) is 17.0 Å². The number of carbonyl (C=O) groups is 1. The Morgan fingerprint density at radius 1 is 1.60 bits per heavy atom. The molecule has 0 aliphatic heterocycles. The Balaban J connectivity index is 1.76. The van der Waals surface area contributed by atoms with Crippen LogP contribution in [0.1, 0.15) is 18.4 Å². The molecule has 1 fully saturated rings. The minimum atomic E-state index is 0.0843. The van der Waals surface area contributed by atoms with Crippen LogP contribution in [0.15, 0.2) is 18.5 Å². The third-order valence-electron chi connectivity index (χ3n) is 2.66. The van der Waals surface area contributed by atoms with Crippen LogP contribution in [0.25, 0.3) is 0 Å². The number of carbonyl (C=O) groups excluding carboxylic acids is 1. The van der Waals surface area contributed by atoms with Crippen molar-refractivity contribution >= 4 is 5.91 Å². The lowest BCUT2D eigenvalue weighted by Gasteiger charge is -2.04. The Morgan fingerprint density at radius 2 is 2.40 bits per heavy atom. The van der Waals surface area contributed by atoms with E-state index in [0.717, 1.165) is 18.0 Å². The summed E-state index contributed by atoms with van der Waals surface area (Å²) in [5.41, 5.74) is 6.55. The monoisotopic (exact) mass is 207 g/mol. The van der Waals surface area contributed by atoms with Crippen LogP contribution in [-0.2, 0) is 17.9 Å². The summed E-state index contributed by atoms with van der Waals surface area (Å²) in [6.45, 7) is 1.76. The molecule has 4 nitrogen and oxygen atoms in total. The minimum absolute atomic E-state index is 0.0843. The van der Waals surface area contributed by atoms with Gasteiger partial charge in [0, 0.05) is 25.5 Å². The number of amides is 1. The Labute approximate surface area is 89.5 Å². The highest BCUT2D eigenvalue weighted by atomic mass is 16.1. The quantitative estimate of drug-likeness (QED) is 0.737. The normalized spacial score (nSPS) is 15.3. The fraction of sp³-hybridized carbons (Fsp3) is 0.545. The minimum Gasteiger partial charge on any atom is -0.354 e. The number of hydrogen-bond donors (Lipinski definition) is 2. The molecule has 1 aromatic heterocycles. The van der Waals surface area contributed by atoms with Gasteiger partial charge in [0.05, 0.1) is 0 Å². The predicted molar refractivity (Wildman–Crippen MR) is 58.1 cm³/mol. The largest absolute Gasteiger partial charge is 0.354 e. The lowest BCUT2D eigenvalue weighted by Crippen LogP contribution is -2.28. The number of aromatic nitrogens is 1. The van der Waals surface area contributed by atoms with Gasteiger partial charge in [-0.15, -0.1) is 0 Å². The van der Waals surface area contributed by atoms with Crippen LogP contribution >= 0.6 is 0 Å². The molecule has 0 bridgehead atoms. The van der Waals surface area contributed by atoms with Gasteiger partial charge in [-0.2, -0.15) is 0 Å². The van der Waals surface area contributed by atoms with Crippen molar-refractivity contribution in [2.24, 2.45) is 11.7 Å². The molecule has 15 heavy (non-hydrogen) atoms. The standard InChI is InChI=1S/C11H17N3O/c12-5-10-3-4-14(7-10)8-11(15)13-6-9-1-2-9/h3-4,7,9H,1-2,5-6,8,12H2,(H,13,15). The zero-order valence-electron chi connectivity index (χ0n) is 8.78. The highest BCUT2D eigenvalue weighted by Crippen LogP contribution is 2.27. The number of hydrogen-bond acceptors (Lipinski definition) is 2. The molecule has 0 atom stereocenters. The van der Waals surface area contributed by atoms with Crippen LogP contribution < -0.4 is 11.1 Å². The molecule has 1 aromatic rings. The Morgan fingerprint density at radius 3 is 3.00 bits per heavy atom. The van der Waals surface area contributed by atoms with E-state index in [4.69, 9.17) is 5.73 Å². The van der Waals surface area contributed by atoms with E-state index in [1.807, 2.05) is 23.0 Å². The van der Waals surface area contributed by atoms with Gasteiger partial charge in [0.25, 0.3) is 0 Å². The highest BCUT2D eigenvalue weighted by molar-refractivity contribution is 5.75. The van der Waals surface area contributed by atoms with E-state index in [-0.39, 0.29) is 5.91 Å². The third-order valence-corrected chi connectivity index (χ3v) is 2.66. The van der Waals surface area contributed by atoms with Crippen molar-refractivity contribution in [2.45, 2.75) is 25.9 Å². The van der Waals surface area contributed by atoms with Crippen molar-refractivity contribution in [1.29, 1.82) is 0 Å². The van der Waals surface area contributed by atoms with Crippen LogP contribution in [0.2, 0.25) is 0 Å². The Hall–Kier alpha value is -1.29. The van der Waals surface area contributed by atoms with Crippen molar-refractivity contribution in [3.8, 4) is 0 Å². The Bertz CT molecular complexity index is 341. The fourth-order valence-corrected chi connectivity index (χ4v) is 1.51. The van der Waals surface area contributed by atoms with Gasteiger partial charge in [-0.05, 0) is 30.4 Å². The lowest BCUT2D eigenvalue weighted by atomic mass is 10.3. The van der Waals surface area contributed by atoms with Gasteiger partial charge in [0.15, 0.2) is 0 Å². The highest BCUT2D eigenvalue weighted by Gasteiger charge is 2.21. The second-order valence-corrected chi connectivity index (χ2v) is 4.14. The van der Waals surface area contributed by atoms with Crippen molar-refractivity contribution in [2.75, 3.05) is 6.54 Å². The van der Waals surface area contributed by atoms with E-state index in [0.29, 0.717) is 13.1 Å². The molecule has 4 heteroatoms. The molecule has 2 rings (SSSR count). The molecule has 0 radical (unpaired) electrons. The van der Waals surface area contributed by atoms with Crippen molar-refractivity contribution in [3.63, 3.8) is 0 Å². The summed E-state index contributed by atoms with van der Waals surface area (Å²) < 4.78 is 1.87. The molecule has 0 spiro atoms. The first-order valence-electron chi connectivity index (χ1n) is 5.39. The smallest absolute Gasteiger partial charge is 0.239 e. The first-order chi connectivity index (χ1) is 7.28. The molecule has 1 amide bonds. The number of nitrogens with two attached hydrogens (primary N) is 1. The van der Waals surface area contributed by atoms with Crippen LogP contribution in [0.5, 0.6) is 0 Å². The molecule has 0 unspecified atom stereocenters. The molecule has 1 heterocycles. The molecule has 82 valence electrons. The third kappa shape index (κ3) is 3.09. The van der Waals surface area contributed by atoms with E-state index < -0.39 is 0 Å². The maximum absolute atomic E-state index is 11.5. The van der Waals surface area contributed by atoms with E-state index in [1.54, 1.807) is 0 Å². The zero-order chi connectivity index (χ0) is 10.7. The van der Waals surface area contributed by atoms with Crippen molar-refractivity contribution < 1.29 is 4.79 Å². The summed E-state index contributed by atoms with van der Waals surface area (Å²) in [6, 6.07) is 1.94. The molecule has 0 aromatic carbocycles. The number of rotatable bonds is 5. The summed E-state index contributed by atoms with van der Waals surface area (Å²) in [6.07, 6.45) is 6.33. The lowest BCUT2D eigenvalue weighted by molar-refractivity contribution is -0.121. The first-order valence-corrected chi connectivity index (χ1v) is 5.39. The van der Waals surface area contributed by atoms with Crippen LogP contribution in [0.4, 0.5) is 0 Å². The van der Waals surface area contributed by atoms with Gasteiger partial charge in [-0.3, -0.25) is 4.79 Å². The van der Waals surface area contributed by atoms with Gasteiger partial charge >= 0.3 is 0 Å². The first kappa shape index (κ1) is 10.2. The average molecular weight is 207 g/mol. The Kier molecular flexibility index (Phi) is 3.06. The molecule has 1 aliphatic rings. The number of nitrogens with zero attached hydrogens (tertiary/aromatic N) is 1. The zero-order valence-corrected chi connectivity index (χ0v) is 8.78. The molecule has 0 saturated heterocycles. The maximum atomic E-state index is 11.5. The van der Waals surface area contributed by atoms with E-state index in [1.165, 1.54) is 12.8 Å². The van der Waals surface area contributed by atoms with Gasteiger partial charge in [-0.25, -0.2) is 0 Å². The van der Waals surface area contributed by atoms with Crippen LogP contribution in [0.3, 0.4) is 0 Å². The predicted octanol–water partition coefficient (Wildman–Crippen LogP) is 0.473. The topological polar surface area (TPSA) is 60.0 Å². The molecule has 1 saturated carbocycles. The SMILES string of the molecule is NCc1ccn(CC(=O)NCC2CC2)c1. The summed E-state index contributed by atoms with van der Waals surface area (Å²) in [5.74, 6) is 0.819. The van der Waals surface area contributed by atoms with Gasteiger partial charge in [0.2, 0.25) is 5.91 Å². The van der Waals surface area contributed by atoms with E-state index in [9.17, 15) is 4.79 Å². The second-order valence-electron chi connectivity index (χ2n) is 4.14. The summed E-state index contributed by atoms with van der Waals surface area (Å²) in [5, 5.41) is 2.93. The van der Waals surface area contributed by atoms with Gasteiger partial charge in [0.1, 0.15) is 6.54 Å². The van der Waals surface area contributed by atoms with Gasteiger partial charge < -0.3 is 15.6 Å². The van der Waals surface area contributed by atoms with E-state index >= 15 is 0 Å². The number of nitrogens with one attached hydrogen (secondary N) is 1. The maximum Gasteiger partial charge on any atom is 0.239 e. The summed E-state index contributed by atoms with van der Waals surface area (Å²) in [7, 11) is 0. The van der Waals surface area contributed by atoms with Crippen LogP contribution in [0, 0.1) is 5.92 Å². The molecular formula is C11H17N3O.